The summed E-state index contributed by atoms with van der Waals surface area (Å²) in [6.45, 7) is 9.67. The summed E-state index contributed by atoms with van der Waals surface area (Å²) < 4.78 is 5.95. The van der Waals surface area contributed by atoms with Crippen molar-refractivity contribution in [3.8, 4) is 5.75 Å². The van der Waals surface area contributed by atoms with E-state index in [4.69, 9.17) is 15.5 Å². The van der Waals surface area contributed by atoms with Crippen LogP contribution in [-0.4, -0.2) is 4.98 Å². The van der Waals surface area contributed by atoms with Gasteiger partial charge in [0.15, 0.2) is 0 Å². The van der Waals surface area contributed by atoms with Crippen molar-refractivity contribution in [2.45, 2.75) is 52.7 Å². The fourth-order valence-electron chi connectivity index (χ4n) is 2.26. The maximum Gasteiger partial charge on any atom is 0.140 e. The van der Waals surface area contributed by atoms with Crippen LogP contribution in [0.3, 0.4) is 0 Å². The molecule has 1 aromatic heterocycles. The van der Waals surface area contributed by atoms with Gasteiger partial charge in [0.1, 0.15) is 17.4 Å². The first kappa shape index (κ1) is 16.0. The molecule has 0 saturated carbocycles. The van der Waals surface area contributed by atoms with Crippen molar-refractivity contribution in [3.05, 3.63) is 45.4 Å². The molecule has 0 unspecified atom stereocenters. The maximum atomic E-state index is 5.95. The van der Waals surface area contributed by atoms with Crippen LogP contribution >= 0.6 is 11.3 Å². The number of ether oxygens (including phenoxy) is 1. The zero-order chi connectivity index (χ0) is 15.5. The number of para-hydroxylation sites is 1. The number of hydrogen-bond acceptors (Lipinski definition) is 4. The quantitative estimate of drug-likeness (QED) is 0.907. The zero-order valence-electron chi connectivity index (χ0n) is 13.3. The van der Waals surface area contributed by atoms with E-state index in [1.165, 1.54) is 5.56 Å². The van der Waals surface area contributed by atoms with E-state index in [0.29, 0.717) is 13.2 Å². The topological polar surface area (TPSA) is 48.1 Å². The number of rotatable bonds is 5. The molecule has 0 amide bonds. The highest BCUT2D eigenvalue weighted by Gasteiger charge is 2.22. The molecular formula is C17H24N2OS. The zero-order valence-corrected chi connectivity index (χ0v) is 14.1. The van der Waals surface area contributed by atoms with Crippen LogP contribution in [0.15, 0.2) is 24.3 Å². The monoisotopic (exact) mass is 304 g/mol. The van der Waals surface area contributed by atoms with E-state index >= 15 is 0 Å². The third-order valence-electron chi connectivity index (χ3n) is 3.34. The van der Waals surface area contributed by atoms with E-state index in [1.807, 2.05) is 18.2 Å². The first-order valence-corrected chi connectivity index (χ1v) is 8.17. The molecule has 0 aliphatic carbocycles. The van der Waals surface area contributed by atoms with Crippen molar-refractivity contribution in [2.24, 2.45) is 5.73 Å². The van der Waals surface area contributed by atoms with Crippen molar-refractivity contribution in [1.29, 1.82) is 0 Å². The molecule has 2 aromatic rings. The Morgan fingerprint density at radius 3 is 2.52 bits per heavy atom. The van der Waals surface area contributed by atoms with Crippen LogP contribution in [0.25, 0.3) is 0 Å². The minimum absolute atomic E-state index is 0.0186. The van der Waals surface area contributed by atoms with E-state index in [2.05, 4.69) is 33.8 Å². The number of nitrogens with two attached hydrogens (primary N) is 1. The highest BCUT2D eigenvalue weighted by Crippen LogP contribution is 2.30. The molecule has 0 spiro atoms. The van der Waals surface area contributed by atoms with Crippen molar-refractivity contribution in [3.63, 3.8) is 0 Å². The Morgan fingerprint density at radius 2 is 1.95 bits per heavy atom. The summed E-state index contributed by atoms with van der Waals surface area (Å²) in [5, 5.41) is 0.992. The molecule has 21 heavy (non-hydrogen) atoms. The average Bonchev–Trinajstić information content (AvgIpc) is 2.89. The van der Waals surface area contributed by atoms with Gasteiger partial charge >= 0.3 is 0 Å². The Kier molecular flexibility index (Phi) is 5.01. The van der Waals surface area contributed by atoms with Gasteiger partial charge in [0.05, 0.1) is 5.69 Å². The van der Waals surface area contributed by atoms with E-state index in [9.17, 15) is 0 Å². The van der Waals surface area contributed by atoms with Crippen LogP contribution in [0.2, 0.25) is 0 Å². The Hall–Kier alpha value is -1.39. The molecule has 1 heterocycles. The summed E-state index contributed by atoms with van der Waals surface area (Å²) >= 11 is 1.66. The fraction of sp³-hybridized carbons (Fsp3) is 0.471. The van der Waals surface area contributed by atoms with Crippen molar-refractivity contribution < 1.29 is 4.74 Å². The summed E-state index contributed by atoms with van der Waals surface area (Å²) in [5.41, 5.74) is 8.18. The van der Waals surface area contributed by atoms with Gasteiger partial charge in [0.2, 0.25) is 0 Å². The second-order valence-electron chi connectivity index (χ2n) is 6.08. The lowest BCUT2D eigenvalue weighted by molar-refractivity contribution is 0.302. The molecule has 1 aromatic carbocycles. The fourth-order valence-corrected chi connectivity index (χ4v) is 3.33. The summed E-state index contributed by atoms with van der Waals surface area (Å²) in [5.74, 6) is 0.946. The third-order valence-corrected chi connectivity index (χ3v) is 4.39. The predicted molar refractivity (Wildman–Crippen MR) is 88.9 cm³/mol. The summed E-state index contributed by atoms with van der Waals surface area (Å²) in [4.78, 5) is 5.89. The molecular weight excluding hydrogens is 280 g/mol. The smallest absolute Gasteiger partial charge is 0.140 e. The van der Waals surface area contributed by atoms with Crippen LogP contribution in [0.4, 0.5) is 0 Å². The van der Waals surface area contributed by atoms with Gasteiger partial charge in [-0.3, -0.25) is 0 Å². The lowest BCUT2D eigenvalue weighted by Crippen LogP contribution is -2.15. The van der Waals surface area contributed by atoms with Crippen molar-refractivity contribution in [1.82, 2.24) is 4.98 Å². The molecule has 0 atom stereocenters. The minimum atomic E-state index is 0.0186. The largest absolute Gasteiger partial charge is 0.486 e. The Morgan fingerprint density at radius 1 is 1.24 bits per heavy atom. The minimum Gasteiger partial charge on any atom is -0.486 e. The van der Waals surface area contributed by atoms with Gasteiger partial charge < -0.3 is 10.5 Å². The molecule has 0 aliphatic rings. The van der Waals surface area contributed by atoms with Crippen LogP contribution in [0.1, 0.15) is 48.8 Å². The van der Waals surface area contributed by atoms with Crippen LogP contribution in [-0.2, 0) is 25.0 Å². The van der Waals surface area contributed by atoms with Gasteiger partial charge in [-0.1, -0.05) is 45.9 Å². The Balaban J connectivity index is 2.15. The SMILES string of the molecule is CCc1ccccc1OCc1nc(C(C)(C)C)c(CN)s1. The number of benzene rings is 1. The lowest BCUT2D eigenvalue weighted by Gasteiger charge is -2.16. The van der Waals surface area contributed by atoms with Crippen LogP contribution in [0.5, 0.6) is 5.75 Å². The maximum absolute atomic E-state index is 5.95. The molecule has 0 aliphatic heterocycles. The highest BCUT2D eigenvalue weighted by molar-refractivity contribution is 7.11. The molecule has 0 fully saturated rings. The van der Waals surface area contributed by atoms with Gasteiger partial charge in [0.25, 0.3) is 0 Å². The van der Waals surface area contributed by atoms with Crippen LogP contribution in [0, 0.1) is 0 Å². The second kappa shape index (κ2) is 6.58. The second-order valence-corrected chi connectivity index (χ2v) is 7.25. The molecule has 4 heteroatoms. The predicted octanol–water partition coefficient (Wildman–Crippen LogP) is 4.04. The first-order valence-electron chi connectivity index (χ1n) is 7.35. The highest BCUT2D eigenvalue weighted by atomic mass is 32.1. The van der Waals surface area contributed by atoms with Gasteiger partial charge in [-0.05, 0) is 18.1 Å². The van der Waals surface area contributed by atoms with Crippen molar-refractivity contribution in [2.75, 3.05) is 0 Å². The number of thiazole rings is 1. The summed E-state index contributed by atoms with van der Waals surface area (Å²) in [6.07, 6.45) is 0.968. The molecule has 2 rings (SSSR count). The Bertz CT molecular complexity index is 599. The standard InChI is InChI=1S/C17H24N2OS/c1-5-12-8-6-7-9-13(12)20-11-15-19-16(17(2,3)4)14(10-18)21-15/h6-9H,5,10-11,18H2,1-4H3. The van der Waals surface area contributed by atoms with E-state index in [1.54, 1.807) is 11.3 Å². The molecule has 0 saturated heterocycles. The van der Waals surface area contributed by atoms with Gasteiger partial charge in [-0.2, -0.15) is 0 Å². The molecule has 0 radical (unpaired) electrons. The number of nitrogens with zero attached hydrogens (tertiary/aromatic N) is 1. The van der Waals surface area contributed by atoms with Gasteiger partial charge in [0, 0.05) is 16.8 Å². The average molecular weight is 304 g/mol. The van der Waals surface area contributed by atoms with Crippen LogP contribution < -0.4 is 10.5 Å². The Labute approximate surface area is 131 Å². The molecule has 3 nitrogen and oxygen atoms in total. The van der Waals surface area contributed by atoms with Gasteiger partial charge in [-0.25, -0.2) is 4.98 Å². The normalized spacial score (nSPS) is 11.7. The first-order chi connectivity index (χ1) is 9.95. The number of aryl methyl sites for hydroxylation is 1. The lowest BCUT2D eigenvalue weighted by atomic mass is 9.91. The summed E-state index contributed by atoms with van der Waals surface area (Å²) in [6, 6.07) is 8.16. The number of hydrogen-bond donors (Lipinski definition) is 1. The molecule has 114 valence electrons. The summed E-state index contributed by atoms with van der Waals surface area (Å²) in [7, 11) is 0. The number of aromatic nitrogens is 1. The van der Waals surface area contributed by atoms with E-state index < -0.39 is 0 Å². The van der Waals surface area contributed by atoms with E-state index in [-0.39, 0.29) is 5.41 Å². The third kappa shape index (κ3) is 3.83. The van der Waals surface area contributed by atoms with Crippen molar-refractivity contribution >= 4 is 11.3 Å². The molecule has 0 bridgehead atoms. The van der Waals surface area contributed by atoms with E-state index in [0.717, 1.165) is 27.7 Å². The van der Waals surface area contributed by atoms with Gasteiger partial charge in [-0.15, -0.1) is 11.3 Å². The molecule has 2 N–H and O–H groups in total.